The quantitative estimate of drug-likeness (QED) is 0.187. The molecule has 5 rings (SSSR count). The summed E-state index contributed by atoms with van der Waals surface area (Å²) in [6, 6.07) is 20.9. The van der Waals surface area contributed by atoms with Gasteiger partial charge in [-0.3, -0.25) is 4.57 Å². The summed E-state index contributed by atoms with van der Waals surface area (Å²) < 4.78 is 44.6. The van der Waals surface area contributed by atoms with E-state index >= 15 is 0 Å². The van der Waals surface area contributed by atoms with Gasteiger partial charge in [-0.05, 0) is 67.6 Å². The summed E-state index contributed by atoms with van der Waals surface area (Å²) in [6.07, 6.45) is -0.863. The molecule has 0 radical (unpaired) electrons. The molecule has 0 aliphatic heterocycles. The fraction of sp³-hybridized carbons (Fsp3) is 0.226. The highest BCUT2D eigenvalue weighted by molar-refractivity contribution is 7.07. The van der Waals surface area contributed by atoms with Gasteiger partial charge < -0.3 is 10.1 Å². The maximum atomic E-state index is 12.6. The molecule has 1 N–H and O–H groups in total. The van der Waals surface area contributed by atoms with Gasteiger partial charge in [0.15, 0.2) is 10.6 Å². The molecule has 0 aliphatic carbocycles. The summed E-state index contributed by atoms with van der Waals surface area (Å²) in [5, 5.41) is 9.32. The standard InChI is InChI=1S/C31H29F3N6O2S/c1-3-23-8-4-5-9-27(23)40-21(2)19-43-30(40)37-29(41)35-18-6-7-22-10-12-24(13-11-22)28-36-20-39(38-28)25-14-16-26(17-15-25)42-31(32,33)34/h4-5,8-17,19-20H,3,6-7,18H2,1-2H3,(H,35,41). The lowest BCUT2D eigenvalue weighted by Gasteiger charge is -2.11. The number of urea groups is 1. The van der Waals surface area contributed by atoms with Crippen molar-refractivity contribution in [2.24, 2.45) is 4.99 Å². The first-order valence-electron chi connectivity index (χ1n) is 13.7. The summed E-state index contributed by atoms with van der Waals surface area (Å²) in [7, 11) is 0. The lowest BCUT2D eigenvalue weighted by Crippen LogP contribution is -2.25. The molecule has 3 aromatic carbocycles. The minimum atomic E-state index is -4.74. The van der Waals surface area contributed by atoms with Crippen molar-refractivity contribution in [3.8, 4) is 28.5 Å². The van der Waals surface area contributed by atoms with Gasteiger partial charge in [0.2, 0.25) is 0 Å². The fourth-order valence-electron chi connectivity index (χ4n) is 4.55. The van der Waals surface area contributed by atoms with E-state index in [9.17, 15) is 18.0 Å². The zero-order valence-corrected chi connectivity index (χ0v) is 24.3. The van der Waals surface area contributed by atoms with E-state index in [1.54, 1.807) is 0 Å². The molecule has 0 fully saturated rings. The van der Waals surface area contributed by atoms with Crippen molar-refractivity contribution in [3.63, 3.8) is 0 Å². The zero-order valence-electron chi connectivity index (χ0n) is 23.5. The number of carbonyl (C=O) groups excluding carboxylic acids is 1. The Hall–Kier alpha value is -4.71. The van der Waals surface area contributed by atoms with Crippen LogP contribution in [0.15, 0.2) is 89.5 Å². The van der Waals surface area contributed by atoms with Gasteiger partial charge in [0.1, 0.15) is 12.1 Å². The molecule has 0 atom stereocenters. The van der Waals surface area contributed by atoms with Crippen LogP contribution in [0, 0.1) is 6.92 Å². The SMILES string of the molecule is CCc1ccccc1-n1c(C)csc1=NC(=O)NCCCc1ccc(-c2ncn(-c3ccc(OC(F)(F)F)cc3)n2)cc1. The van der Waals surface area contributed by atoms with E-state index in [0.717, 1.165) is 41.8 Å². The molecule has 0 bridgehead atoms. The van der Waals surface area contributed by atoms with Crippen LogP contribution in [0.1, 0.15) is 30.2 Å². The number of ether oxygens (including phenoxy) is 1. The molecule has 12 heteroatoms. The van der Waals surface area contributed by atoms with E-state index in [4.69, 9.17) is 0 Å². The van der Waals surface area contributed by atoms with Gasteiger partial charge in [-0.15, -0.1) is 29.6 Å². The molecule has 0 saturated heterocycles. The molecule has 43 heavy (non-hydrogen) atoms. The molecule has 5 aromatic rings. The summed E-state index contributed by atoms with van der Waals surface area (Å²) in [6.45, 7) is 4.60. The molecule has 0 saturated carbocycles. The Balaban J connectivity index is 1.14. The zero-order chi connectivity index (χ0) is 30.4. The summed E-state index contributed by atoms with van der Waals surface area (Å²) >= 11 is 1.44. The number of nitrogens with zero attached hydrogens (tertiary/aromatic N) is 5. The molecule has 2 heterocycles. The van der Waals surface area contributed by atoms with Gasteiger partial charge in [0.05, 0.1) is 11.4 Å². The second kappa shape index (κ2) is 13.1. The van der Waals surface area contributed by atoms with E-state index in [1.807, 2.05) is 59.3 Å². The van der Waals surface area contributed by atoms with Crippen molar-refractivity contribution in [1.29, 1.82) is 0 Å². The minimum Gasteiger partial charge on any atom is -0.406 e. The van der Waals surface area contributed by atoms with E-state index < -0.39 is 6.36 Å². The molecule has 8 nitrogen and oxygen atoms in total. The topological polar surface area (TPSA) is 86.3 Å². The first-order chi connectivity index (χ1) is 20.7. The third kappa shape index (κ3) is 7.58. The number of hydrogen-bond donors (Lipinski definition) is 1. The number of hydrogen-bond acceptors (Lipinski definition) is 5. The van der Waals surface area contributed by atoms with Crippen molar-refractivity contribution >= 4 is 17.4 Å². The molecule has 2 amide bonds. The van der Waals surface area contributed by atoms with Gasteiger partial charge in [0, 0.05) is 23.2 Å². The summed E-state index contributed by atoms with van der Waals surface area (Å²) in [4.78, 5) is 21.9. The monoisotopic (exact) mass is 606 g/mol. The predicted octanol–water partition coefficient (Wildman–Crippen LogP) is 6.80. The Morgan fingerprint density at radius 3 is 2.51 bits per heavy atom. The number of carbonyl (C=O) groups is 1. The molecular formula is C31H29F3N6O2S. The number of benzene rings is 3. The maximum Gasteiger partial charge on any atom is 0.573 e. The third-order valence-corrected chi connectivity index (χ3v) is 7.59. The van der Waals surface area contributed by atoms with Crippen molar-refractivity contribution in [3.05, 3.63) is 106 Å². The van der Waals surface area contributed by atoms with Crippen LogP contribution in [0.4, 0.5) is 18.0 Å². The normalized spacial score (nSPS) is 12.0. The number of aryl methyl sites for hydroxylation is 3. The second-order valence-corrected chi connectivity index (χ2v) is 10.5. The van der Waals surface area contributed by atoms with E-state index in [1.165, 1.54) is 52.2 Å². The van der Waals surface area contributed by atoms with Gasteiger partial charge in [-0.2, -0.15) is 4.99 Å². The number of alkyl halides is 3. The first kappa shape index (κ1) is 29.8. The number of nitrogens with one attached hydrogen (secondary N) is 1. The van der Waals surface area contributed by atoms with Gasteiger partial charge in [0.25, 0.3) is 0 Å². The number of amides is 2. The predicted molar refractivity (Wildman–Crippen MR) is 159 cm³/mol. The number of para-hydroxylation sites is 1. The van der Waals surface area contributed by atoms with E-state index in [-0.39, 0.29) is 11.8 Å². The second-order valence-electron chi connectivity index (χ2n) is 9.68. The van der Waals surface area contributed by atoms with Crippen molar-refractivity contribution in [2.45, 2.75) is 39.5 Å². The van der Waals surface area contributed by atoms with Gasteiger partial charge >= 0.3 is 12.4 Å². The Labute approximate surface area is 250 Å². The smallest absolute Gasteiger partial charge is 0.406 e. The Kier molecular flexibility index (Phi) is 9.05. The average molecular weight is 607 g/mol. The lowest BCUT2D eigenvalue weighted by molar-refractivity contribution is -0.274. The fourth-order valence-corrected chi connectivity index (χ4v) is 5.41. The van der Waals surface area contributed by atoms with Crippen LogP contribution in [0.5, 0.6) is 5.75 Å². The molecule has 222 valence electrons. The highest BCUT2D eigenvalue weighted by Gasteiger charge is 2.31. The largest absolute Gasteiger partial charge is 0.573 e. The Bertz CT molecular complexity index is 1760. The van der Waals surface area contributed by atoms with Gasteiger partial charge in [-0.25, -0.2) is 14.5 Å². The van der Waals surface area contributed by atoms with Crippen molar-refractivity contribution in [2.75, 3.05) is 6.54 Å². The van der Waals surface area contributed by atoms with Crippen LogP contribution in [0.2, 0.25) is 0 Å². The third-order valence-electron chi connectivity index (χ3n) is 6.65. The number of aromatic nitrogens is 4. The van der Waals surface area contributed by atoms with E-state index in [2.05, 4.69) is 38.1 Å². The molecule has 0 aliphatic rings. The number of thiazole rings is 1. The molecule has 2 aromatic heterocycles. The number of rotatable bonds is 9. The number of halogens is 3. The highest BCUT2D eigenvalue weighted by atomic mass is 32.1. The van der Waals surface area contributed by atoms with Crippen LogP contribution in [0.3, 0.4) is 0 Å². The van der Waals surface area contributed by atoms with Crippen molar-refractivity contribution < 1.29 is 22.7 Å². The van der Waals surface area contributed by atoms with E-state index in [0.29, 0.717) is 22.9 Å². The summed E-state index contributed by atoms with van der Waals surface area (Å²) in [5.41, 5.74) is 5.70. The first-order valence-corrected chi connectivity index (χ1v) is 14.5. The Morgan fingerprint density at radius 1 is 1.05 bits per heavy atom. The highest BCUT2D eigenvalue weighted by Crippen LogP contribution is 2.24. The minimum absolute atomic E-state index is 0.305. The van der Waals surface area contributed by atoms with Crippen LogP contribution in [-0.4, -0.2) is 38.3 Å². The Morgan fingerprint density at radius 2 is 1.79 bits per heavy atom. The van der Waals surface area contributed by atoms with Crippen LogP contribution in [0.25, 0.3) is 22.8 Å². The maximum absolute atomic E-state index is 12.6. The molecule has 0 spiro atoms. The average Bonchev–Trinajstić information content (AvgIpc) is 3.62. The molecule has 0 unspecified atom stereocenters. The van der Waals surface area contributed by atoms with Gasteiger partial charge in [-0.1, -0.05) is 49.4 Å². The van der Waals surface area contributed by atoms with Crippen LogP contribution >= 0.6 is 11.3 Å². The molecular weight excluding hydrogens is 577 g/mol. The van der Waals surface area contributed by atoms with Crippen molar-refractivity contribution in [1.82, 2.24) is 24.6 Å². The van der Waals surface area contributed by atoms with Crippen LogP contribution < -0.4 is 14.9 Å². The summed E-state index contributed by atoms with van der Waals surface area (Å²) in [5.74, 6) is 0.180. The lowest BCUT2D eigenvalue weighted by atomic mass is 10.1. The van der Waals surface area contributed by atoms with Crippen LogP contribution in [-0.2, 0) is 12.8 Å².